The van der Waals surface area contributed by atoms with Crippen molar-refractivity contribution in [3.05, 3.63) is 35.7 Å². The number of rotatable bonds is 4. The number of nitrogens with zero attached hydrogens (tertiary/aromatic N) is 4. The minimum Gasteiger partial charge on any atom is -0.450 e. The number of benzene rings is 1. The lowest BCUT2D eigenvalue weighted by Crippen LogP contribution is -2.25. The first-order chi connectivity index (χ1) is 9.61. The summed E-state index contributed by atoms with van der Waals surface area (Å²) in [6, 6.07) is 3.25. The number of carbonyl (C=O) groups is 1. The van der Waals surface area contributed by atoms with Gasteiger partial charge in [0, 0.05) is 6.07 Å². The standard InChI is InChI=1S/C11H11F2N5O2/c1-2-20-11(19)14-6-10-15-16-17-18(10)7-3-4-8(12)9(13)5-7/h3-5H,2,6H2,1H3,(H,14,19). The number of aromatic nitrogens is 4. The summed E-state index contributed by atoms with van der Waals surface area (Å²) < 4.78 is 31.9. The average Bonchev–Trinajstić information content (AvgIpc) is 2.88. The zero-order chi connectivity index (χ0) is 14.5. The number of ether oxygens (including phenoxy) is 1. The van der Waals surface area contributed by atoms with Crippen LogP contribution < -0.4 is 5.32 Å². The molecule has 0 aliphatic carbocycles. The monoisotopic (exact) mass is 283 g/mol. The number of hydrogen-bond donors (Lipinski definition) is 1. The highest BCUT2D eigenvalue weighted by molar-refractivity contribution is 5.66. The van der Waals surface area contributed by atoms with E-state index in [-0.39, 0.29) is 24.7 Å². The summed E-state index contributed by atoms with van der Waals surface area (Å²) in [6.07, 6.45) is -0.618. The van der Waals surface area contributed by atoms with Crippen molar-refractivity contribution in [2.75, 3.05) is 6.61 Å². The Hall–Kier alpha value is -2.58. The smallest absolute Gasteiger partial charge is 0.407 e. The molecule has 0 spiro atoms. The van der Waals surface area contributed by atoms with Crippen molar-refractivity contribution in [2.24, 2.45) is 0 Å². The van der Waals surface area contributed by atoms with Crippen molar-refractivity contribution in [1.29, 1.82) is 0 Å². The molecule has 1 N–H and O–H groups in total. The number of carbonyl (C=O) groups excluding carboxylic acids is 1. The predicted molar refractivity (Wildman–Crippen MR) is 62.9 cm³/mol. The second-order valence-electron chi connectivity index (χ2n) is 3.68. The summed E-state index contributed by atoms with van der Waals surface area (Å²) in [6.45, 7) is 1.90. The van der Waals surface area contributed by atoms with E-state index in [2.05, 4.69) is 25.6 Å². The van der Waals surface area contributed by atoms with Gasteiger partial charge in [-0.25, -0.2) is 13.6 Å². The van der Waals surface area contributed by atoms with Crippen LogP contribution in [0.1, 0.15) is 12.7 Å². The van der Waals surface area contributed by atoms with Crippen LogP contribution in [-0.4, -0.2) is 32.9 Å². The highest BCUT2D eigenvalue weighted by Crippen LogP contribution is 2.13. The molecule has 20 heavy (non-hydrogen) atoms. The van der Waals surface area contributed by atoms with E-state index in [9.17, 15) is 13.6 Å². The van der Waals surface area contributed by atoms with E-state index in [0.29, 0.717) is 0 Å². The lowest BCUT2D eigenvalue weighted by Gasteiger charge is -2.06. The second kappa shape index (κ2) is 6.04. The molecule has 0 atom stereocenters. The SMILES string of the molecule is CCOC(=O)NCc1nnnn1-c1ccc(F)c(F)c1. The van der Waals surface area contributed by atoms with Crippen molar-refractivity contribution in [3.8, 4) is 5.69 Å². The van der Waals surface area contributed by atoms with Gasteiger partial charge in [-0.2, -0.15) is 4.68 Å². The first-order valence-corrected chi connectivity index (χ1v) is 5.75. The summed E-state index contributed by atoms with van der Waals surface area (Å²) in [7, 11) is 0. The number of hydrogen-bond acceptors (Lipinski definition) is 5. The van der Waals surface area contributed by atoms with Crippen LogP contribution in [0.15, 0.2) is 18.2 Å². The van der Waals surface area contributed by atoms with Crippen molar-refractivity contribution in [2.45, 2.75) is 13.5 Å². The molecule has 106 valence electrons. The highest BCUT2D eigenvalue weighted by Gasteiger charge is 2.12. The summed E-state index contributed by atoms with van der Waals surface area (Å²) in [5, 5.41) is 13.2. The Morgan fingerprint density at radius 1 is 1.40 bits per heavy atom. The average molecular weight is 283 g/mol. The molecule has 1 amide bonds. The molecule has 0 saturated carbocycles. The molecule has 0 fully saturated rings. The summed E-state index contributed by atoms with van der Waals surface area (Å²) in [4.78, 5) is 11.2. The van der Waals surface area contributed by atoms with E-state index in [0.717, 1.165) is 12.1 Å². The van der Waals surface area contributed by atoms with Gasteiger partial charge in [0.25, 0.3) is 0 Å². The van der Waals surface area contributed by atoms with Crippen molar-refractivity contribution in [1.82, 2.24) is 25.5 Å². The third kappa shape index (κ3) is 3.05. The molecule has 9 heteroatoms. The molecular weight excluding hydrogens is 272 g/mol. The van der Waals surface area contributed by atoms with E-state index in [1.807, 2.05) is 0 Å². The van der Waals surface area contributed by atoms with E-state index >= 15 is 0 Å². The number of tetrazole rings is 1. The van der Waals surface area contributed by atoms with Crippen LogP contribution in [0.2, 0.25) is 0 Å². The molecular formula is C11H11F2N5O2. The Balaban J connectivity index is 2.15. The van der Waals surface area contributed by atoms with Gasteiger partial charge < -0.3 is 10.1 Å². The van der Waals surface area contributed by atoms with Crippen molar-refractivity contribution in [3.63, 3.8) is 0 Å². The molecule has 0 aliphatic rings. The Morgan fingerprint density at radius 3 is 2.90 bits per heavy atom. The zero-order valence-corrected chi connectivity index (χ0v) is 10.5. The molecule has 0 radical (unpaired) electrons. The van der Waals surface area contributed by atoms with Crippen LogP contribution in [-0.2, 0) is 11.3 Å². The van der Waals surface area contributed by atoms with E-state index in [4.69, 9.17) is 0 Å². The first kappa shape index (κ1) is 13.8. The van der Waals surface area contributed by atoms with E-state index < -0.39 is 17.7 Å². The van der Waals surface area contributed by atoms with Crippen LogP contribution in [0, 0.1) is 11.6 Å². The maximum atomic E-state index is 13.2. The Morgan fingerprint density at radius 2 is 2.20 bits per heavy atom. The number of halogens is 2. The first-order valence-electron chi connectivity index (χ1n) is 5.75. The number of nitrogens with one attached hydrogen (secondary N) is 1. The van der Waals surface area contributed by atoms with E-state index in [1.165, 1.54) is 10.7 Å². The van der Waals surface area contributed by atoms with Gasteiger partial charge in [-0.05, 0) is 29.5 Å². The van der Waals surface area contributed by atoms with Gasteiger partial charge in [0.2, 0.25) is 0 Å². The van der Waals surface area contributed by atoms with Gasteiger partial charge in [0.15, 0.2) is 17.5 Å². The van der Waals surface area contributed by atoms with Gasteiger partial charge in [-0.15, -0.1) is 5.10 Å². The molecule has 7 nitrogen and oxygen atoms in total. The van der Waals surface area contributed by atoms with Crippen LogP contribution in [0.5, 0.6) is 0 Å². The maximum absolute atomic E-state index is 13.2. The largest absolute Gasteiger partial charge is 0.450 e. The van der Waals surface area contributed by atoms with Gasteiger partial charge in [-0.3, -0.25) is 0 Å². The molecule has 1 aromatic heterocycles. The molecule has 1 aromatic carbocycles. The maximum Gasteiger partial charge on any atom is 0.407 e. The van der Waals surface area contributed by atoms with Crippen LogP contribution in [0.4, 0.5) is 13.6 Å². The minimum absolute atomic E-state index is 0.00910. The normalized spacial score (nSPS) is 10.3. The molecule has 2 rings (SSSR count). The third-order valence-electron chi connectivity index (χ3n) is 2.35. The fourth-order valence-corrected chi connectivity index (χ4v) is 1.47. The third-order valence-corrected chi connectivity index (χ3v) is 2.35. The van der Waals surface area contributed by atoms with Crippen LogP contribution >= 0.6 is 0 Å². The Bertz CT molecular complexity index is 617. The summed E-state index contributed by atoms with van der Waals surface area (Å²) >= 11 is 0. The van der Waals surface area contributed by atoms with Gasteiger partial charge in [0.1, 0.15) is 0 Å². The van der Waals surface area contributed by atoms with Crippen LogP contribution in [0.25, 0.3) is 5.69 Å². The number of alkyl carbamates (subject to hydrolysis) is 1. The van der Waals surface area contributed by atoms with Gasteiger partial charge in [0.05, 0.1) is 18.8 Å². The van der Waals surface area contributed by atoms with E-state index in [1.54, 1.807) is 6.92 Å². The Labute approximate surface area is 112 Å². The molecule has 0 bridgehead atoms. The molecule has 0 saturated heterocycles. The second-order valence-corrected chi connectivity index (χ2v) is 3.68. The topological polar surface area (TPSA) is 81.9 Å². The molecule has 0 aliphatic heterocycles. The van der Waals surface area contributed by atoms with Crippen molar-refractivity contribution >= 4 is 6.09 Å². The highest BCUT2D eigenvalue weighted by atomic mass is 19.2. The molecule has 1 heterocycles. The quantitative estimate of drug-likeness (QED) is 0.911. The van der Waals surface area contributed by atoms with Crippen LogP contribution in [0.3, 0.4) is 0 Å². The summed E-state index contributed by atoms with van der Waals surface area (Å²) in [5.41, 5.74) is 0.245. The van der Waals surface area contributed by atoms with Gasteiger partial charge in [-0.1, -0.05) is 0 Å². The molecule has 2 aromatic rings. The Kier molecular flexibility index (Phi) is 4.18. The lowest BCUT2D eigenvalue weighted by atomic mass is 10.3. The van der Waals surface area contributed by atoms with Gasteiger partial charge >= 0.3 is 6.09 Å². The summed E-state index contributed by atoms with van der Waals surface area (Å²) in [5.74, 6) is -1.72. The fourth-order valence-electron chi connectivity index (χ4n) is 1.47. The molecule has 0 unspecified atom stereocenters. The fraction of sp³-hybridized carbons (Fsp3) is 0.273. The lowest BCUT2D eigenvalue weighted by molar-refractivity contribution is 0.151. The van der Waals surface area contributed by atoms with Crippen molar-refractivity contribution < 1.29 is 18.3 Å². The number of amides is 1. The minimum atomic E-state index is -1.01. The zero-order valence-electron chi connectivity index (χ0n) is 10.5. The predicted octanol–water partition coefficient (Wildman–Crippen LogP) is 1.19.